The molecule has 9 nitrogen and oxygen atoms in total. The van der Waals surface area contributed by atoms with Gasteiger partial charge in [0.2, 0.25) is 11.8 Å². The molecular formula is C22H28N4O5. The highest BCUT2D eigenvalue weighted by Gasteiger charge is 2.39. The molecule has 4 amide bonds. The number of anilines is 1. The molecule has 31 heavy (non-hydrogen) atoms. The van der Waals surface area contributed by atoms with Crippen molar-refractivity contribution >= 4 is 29.5 Å². The molecule has 1 N–H and O–H groups in total. The van der Waals surface area contributed by atoms with Gasteiger partial charge in [-0.25, -0.2) is 4.79 Å². The van der Waals surface area contributed by atoms with Gasteiger partial charge in [-0.15, -0.1) is 0 Å². The van der Waals surface area contributed by atoms with E-state index in [-0.39, 0.29) is 24.3 Å². The molecule has 9 heteroatoms. The van der Waals surface area contributed by atoms with Gasteiger partial charge >= 0.3 is 6.09 Å². The van der Waals surface area contributed by atoms with E-state index < -0.39 is 17.6 Å². The molecular weight excluding hydrogens is 400 g/mol. The molecule has 3 heterocycles. The largest absolute Gasteiger partial charge is 0.444 e. The summed E-state index contributed by atoms with van der Waals surface area (Å²) in [5, 5.41) is 2.32. The lowest BCUT2D eigenvalue weighted by atomic mass is 10.0. The zero-order valence-electron chi connectivity index (χ0n) is 18.1. The lowest BCUT2D eigenvalue weighted by Gasteiger charge is -2.36. The van der Waals surface area contributed by atoms with Crippen LogP contribution in [0.2, 0.25) is 0 Å². The van der Waals surface area contributed by atoms with Gasteiger partial charge in [-0.1, -0.05) is 6.07 Å². The van der Waals surface area contributed by atoms with E-state index >= 15 is 0 Å². The van der Waals surface area contributed by atoms with Gasteiger partial charge in [0.25, 0.3) is 5.91 Å². The molecule has 166 valence electrons. The van der Waals surface area contributed by atoms with Gasteiger partial charge in [0.1, 0.15) is 11.6 Å². The summed E-state index contributed by atoms with van der Waals surface area (Å²) in [5.41, 5.74) is 1.87. The van der Waals surface area contributed by atoms with Crippen LogP contribution in [0.1, 0.15) is 49.5 Å². The molecule has 0 unspecified atom stereocenters. The van der Waals surface area contributed by atoms with E-state index in [9.17, 15) is 19.2 Å². The van der Waals surface area contributed by atoms with Gasteiger partial charge < -0.3 is 19.4 Å². The van der Waals surface area contributed by atoms with Crippen molar-refractivity contribution in [1.29, 1.82) is 0 Å². The highest BCUT2D eigenvalue weighted by atomic mass is 16.6. The second-order valence-electron chi connectivity index (χ2n) is 9.20. The van der Waals surface area contributed by atoms with Crippen molar-refractivity contribution in [3.63, 3.8) is 0 Å². The normalized spacial score (nSPS) is 21.8. The number of rotatable bonds is 2. The minimum atomic E-state index is -0.613. The number of carbonyl (C=O) groups is 4. The monoisotopic (exact) mass is 428 g/mol. The number of carbonyl (C=O) groups excluding carboxylic acids is 4. The van der Waals surface area contributed by atoms with Gasteiger partial charge in [0.05, 0.1) is 0 Å². The number of piperazine rings is 1. The number of ether oxygens (including phenoxy) is 1. The van der Waals surface area contributed by atoms with Gasteiger partial charge in [0, 0.05) is 50.4 Å². The minimum absolute atomic E-state index is 0.182. The van der Waals surface area contributed by atoms with Crippen LogP contribution in [0.5, 0.6) is 0 Å². The number of piperidine rings is 1. The molecule has 0 radical (unpaired) electrons. The van der Waals surface area contributed by atoms with Crippen molar-refractivity contribution in [3.8, 4) is 0 Å². The van der Waals surface area contributed by atoms with Crippen molar-refractivity contribution in [2.75, 3.05) is 31.1 Å². The summed E-state index contributed by atoms with van der Waals surface area (Å²) in [5.74, 6) is -0.882. The first-order chi connectivity index (χ1) is 14.6. The zero-order chi connectivity index (χ0) is 22.3. The summed E-state index contributed by atoms with van der Waals surface area (Å²) in [6, 6.07) is 5.16. The number of nitrogens with zero attached hydrogens (tertiary/aromatic N) is 3. The van der Waals surface area contributed by atoms with Crippen LogP contribution >= 0.6 is 0 Å². The van der Waals surface area contributed by atoms with Crippen LogP contribution in [0.4, 0.5) is 10.5 Å². The fraction of sp³-hybridized carbons (Fsp3) is 0.545. The smallest absolute Gasteiger partial charge is 0.410 e. The molecule has 1 atom stereocenters. The Morgan fingerprint density at radius 2 is 1.81 bits per heavy atom. The molecule has 3 aliphatic rings. The number of nitrogens with one attached hydrogen (secondary N) is 1. The predicted molar refractivity (Wildman–Crippen MR) is 113 cm³/mol. The van der Waals surface area contributed by atoms with E-state index in [0.29, 0.717) is 44.7 Å². The quantitative estimate of drug-likeness (QED) is 0.717. The average Bonchev–Trinajstić information content (AvgIpc) is 3.03. The van der Waals surface area contributed by atoms with Crippen LogP contribution in [0, 0.1) is 0 Å². The Hall–Kier alpha value is -3.10. The third-order valence-electron chi connectivity index (χ3n) is 5.81. The molecule has 2 saturated heterocycles. The van der Waals surface area contributed by atoms with Crippen molar-refractivity contribution in [1.82, 2.24) is 15.1 Å². The van der Waals surface area contributed by atoms with E-state index in [1.165, 1.54) is 0 Å². The highest BCUT2D eigenvalue weighted by molar-refractivity contribution is 6.05. The summed E-state index contributed by atoms with van der Waals surface area (Å²) in [7, 11) is 0. The SMILES string of the molecule is CC(C)(C)OC(=O)N1CCN(c2ccc3c(c2)C(=O)N([C@H]2CCC(=O)NC2=O)C3)CC1. The Morgan fingerprint density at radius 3 is 2.45 bits per heavy atom. The molecule has 0 aliphatic carbocycles. The zero-order valence-corrected chi connectivity index (χ0v) is 18.1. The van der Waals surface area contributed by atoms with Crippen molar-refractivity contribution in [3.05, 3.63) is 29.3 Å². The van der Waals surface area contributed by atoms with E-state index in [0.717, 1.165) is 11.3 Å². The summed E-state index contributed by atoms with van der Waals surface area (Å²) >= 11 is 0. The fourth-order valence-corrected chi connectivity index (χ4v) is 4.21. The Kier molecular flexibility index (Phi) is 5.36. The molecule has 1 aromatic carbocycles. The maximum atomic E-state index is 13.0. The maximum absolute atomic E-state index is 13.0. The summed E-state index contributed by atoms with van der Waals surface area (Å²) < 4.78 is 5.44. The topological polar surface area (TPSA) is 99.3 Å². The Balaban J connectivity index is 1.41. The van der Waals surface area contributed by atoms with Crippen LogP contribution in [0.25, 0.3) is 0 Å². The fourth-order valence-electron chi connectivity index (χ4n) is 4.21. The van der Waals surface area contributed by atoms with Gasteiger partial charge in [-0.05, 0) is 44.9 Å². The number of amides is 4. The molecule has 0 saturated carbocycles. The maximum Gasteiger partial charge on any atom is 0.410 e. The molecule has 0 bridgehead atoms. The van der Waals surface area contributed by atoms with Gasteiger partial charge in [-0.2, -0.15) is 0 Å². The van der Waals surface area contributed by atoms with Crippen LogP contribution < -0.4 is 10.2 Å². The van der Waals surface area contributed by atoms with E-state index in [1.54, 1.807) is 9.80 Å². The van der Waals surface area contributed by atoms with E-state index in [4.69, 9.17) is 4.74 Å². The van der Waals surface area contributed by atoms with E-state index in [1.807, 2.05) is 39.0 Å². The second-order valence-corrected chi connectivity index (χ2v) is 9.20. The lowest BCUT2D eigenvalue weighted by Crippen LogP contribution is -2.52. The molecule has 0 spiro atoms. The number of benzene rings is 1. The van der Waals surface area contributed by atoms with E-state index in [2.05, 4.69) is 10.2 Å². The van der Waals surface area contributed by atoms with Gasteiger partial charge in [0.15, 0.2) is 0 Å². The summed E-state index contributed by atoms with van der Waals surface area (Å²) in [6.07, 6.45) is 0.282. The van der Waals surface area contributed by atoms with Crippen molar-refractivity contribution < 1.29 is 23.9 Å². The lowest BCUT2D eigenvalue weighted by molar-refractivity contribution is -0.136. The number of imide groups is 1. The first-order valence-corrected chi connectivity index (χ1v) is 10.6. The van der Waals surface area contributed by atoms with Crippen LogP contribution in [0.3, 0.4) is 0 Å². The number of hydrogen-bond acceptors (Lipinski definition) is 6. The van der Waals surface area contributed by atoms with Crippen molar-refractivity contribution in [2.45, 2.75) is 51.8 Å². The summed E-state index contributed by atoms with van der Waals surface area (Å²) in [4.78, 5) is 54.3. The number of fused-ring (bicyclic) bond motifs is 1. The average molecular weight is 428 g/mol. The third-order valence-corrected chi connectivity index (χ3v) is 5.81. The summed E-state index contributed by atoms with van der Waals surface area (Å²) in [6.45, 7) is 8.28. The highest BCUT2D eigenvalue weighted by Crippen LogP contribution is 2.31. The standard InChI is InChI=1S/C22H28N4O5/c1-22(2,3)31-21(30)25-10-8-24(9-11-25)15-5-4-14-13-26(20(29)16(14)12-15)17-6-7-18(27)23-19(17)28/h4-5,12,17H,6-11,13H2,1-3H3,(H,23,27,28)/t17-/m0/s1. The molecule has 3 aliphatic heterocycles. The third kappa shape index (κ3) is 4.35. The first kappa shape index (κ1) is 21.1. The molecule has 1 aromatic rings. The molecule has 2 fully saturated rings. The Morgan fingerprint density at radius 1 is 1.10 bits per heavy atom. The molecule has 4 rings (SSSR count). The minimum Gasteiger partial charge on any atom is -0.444 e. The van der Waals surface area contributed by atoms with Crippen molar-refractivity contribution in [2.24, 2.45) is 0 Å². The number of hydrogen-bond donors (Lipinski definition) is 1. The predicted octanol–water partition coefficient (Wildman–Crippen LogP) is 1.50. The van der Waals surface area contributed by atoms with Crippen LogP contribution in [-0.2, 0) is 20.9 Å². The van der Waals surface area contributed by atoms with Crippen LogP contribution in [0.15, 0.2) is 18.2 Å². The Bertz CT molecular complexity index is 930. The second kappa shape index (κ2) is 7.86. The van der Waals surface area contributed by atoms with Crippen LogP contribution in [-0.4, -0.2) is 71.4 Å². The molecule has 0 aromatic heterocycles. The van der Waals surface area contributed by atoms with Gasteiger partial charge in [-0.3, -0.25) is 19.7 Å². The first-order valence-electron chi connectivity index (χ1n) is 10.6. The Labute approximate surface area is 181 Å².